The molecular weight excluding hydrogens is 304 g/mol. The molecule has 2 aliphatic rings. The Kier molecular flexibility index (Phi) is 4.25. The molecule has 1 saturated heterocycles. The van der Waals surface area contributed by atoms with Gasteiger partial charge in [-0.25, -0.2) is 0 Å². The number of allylic oxidation sites excluding steroid dienone is 1. The molecule has 0 unspecified atom stereocenters. The second-order valence-corrected chi connectivity index (χ2v) is 6.47. The van der Waals surface area contributed by atoms with Crippen LogP contribution in [-0.4, -0.2) is 41.4 Å². The van der Waals surface area contributed by atoms with Gasteiger partial charge in [-0.3, -0.25) is 9.59 Å². The van der Waals surface area contributed by atoms with Gasteiger partial charge in [0, 0.05) is 19.0 Å². The summed E-state index contributed by atoms with van der Waals surface area (Å²) in [4.78, 5) is 27.4. The first-order valence-electron chi connectivity index (χ1n) is 8.19. The SMILES string of the molecule is C[C@H]1C(=O)C(C#N)=C[C@]2(c3ccccc3)C(=O)N(CCO)CC[C@H]12. The van der Waals surface area contributed by atoms with Gasteiger partial charge in [-0.2, -0.15) is 5.26 Å². The van der Waals surface area contributed by atoms with Crippen molar-refractivity contribution >= 4 is 11.7 Å². The van der Waals surface area contributed by atoms with Crippen LogP contribution in [0.5, 0.6) is 0 Å². The van der Waals surface area contributed by atoms with Crippen LogP contribution in [0.4, 0.5) is 0 Å². The number of fused-ring (bicyclic) bond motifs is 1. The van der Waals surface area contributed by atoms with Crippen LogP contribution in [0, 0.1) is 23.2 Å². The molecule has 0 aromatic heterocycles. The fourth-order valence-electron chi connectivity index (χ4n) is 4.14. The number of nitriles is 1. The molecule has 0 bridgehead atoms. The average molecular weight is 324 g/mol. The Hall–Kier alpha value is -2.45. The zero-order valence-electron chi connectivity index (χ0n) is 13.6. The Morgan fingerprint density at radius 3 is 2.67 bits per heavy atom. The summed E-state index contributed by atoms with van der Waals surface area (Å²) in [7, 11) is 0. The molecule has 0 saturated carbocycles. The molecule has 1 N–H and O–H groups in total. The molecule has 24 heavy (non-hydrogen) atoms. The van der Waals surface area contributed by atoms with Crippen molar-refractivity contribution in [1.29, 1.82) is 5.26 Å². The van der Waals surface area contributed by atoms with Gasteiger partial charge in [-0.15, -0.1) is 0 Å². The molecule has 0 spiro atoms. The third-order valence-electron chi connectivity index (χ3n) is 5.33. The van der Waals surface area contributed by atoms with E-state index in [0.29, 0.717) is 13.0 Å². The maximum Gasteiger partial charge on any atom is 0.237 e. The minimum Gasteiger partial charge on any atom is -0.395 e. The van der Waals surface area contributed by atoms with Crippen molar-refractivity contribution in [2.75, 3.05) is 19.7 Å². The summed E-state index contributed by atoms with van der Waals surface area (Å²) in [5.74, 6) is -0.874. The fraction of sp³-hybridized carbons (Fsp3) is 0.421. The number of hydrogen-bond donors (Lipinski definition) is 1. The number of β-amino-alcohol motifs (C(OH)–C–C–N with tert-alkyl or cyclic N) is 1. The van der Waals surface area contributed by atoms with E-state index < -0.39 is 5.41 Å². The van der Waals surface area contributed by atoms with Gasteiger partial charge in [0.1, 0.15) is 6.07 Å². The van der Waals surface area contributed by atoms with Crippen molar-refractivity contribution in [3.8, 4) is 6.07 Å². The number of amides is 1. The van der Waals surface area contributed by atoms with Crippen LogP contribution < -0.4 is 0 Å². The Labute approximate surface area is 141 Å². The van der Waals surface area contributed by atoms with E-state index in [4.69, 9.17) is 0 Å². The van der Waals surface area contributed by atoms with E-state index in [1.807, 2.05) is 43.3 Å². The summed E-state index contributed by atoms with van der Waals surface area (Å²) in [6, 6.07) is 11.3. The lowest BCUT2D eigenvalue weighted by atomic mass is 9.57. The molecule has 1 aromatic rings. The number of aliphatic hydroxyl groups is 1. The Morgan fingerprint density at radius 2 is 2.04 bits per heavy atom. The Morgan fingerprint density at radius 1 is 1.33 bits per heavy atom. The van der Waals surface area contributed by atoms with Crippen molar-refractivity contribution < 1.29 is 14.7 Å². The molecule has 1 fully saturated rings. The number of benzene rings is 1. The molecule has 0 radical (unpaired) electrons. The first-order valence-corrected chi connectivity index (χ1v) is 8.19. The molecule has 5 heteroatoms. The predicted octanol–water partition coefficient (Wildman–Crippen LogP) is 1.43. The quantitative estimate of drug-likeness (QED) is 0.912. The number of ketones is 1. The largest absolute Gasteiger partial charge is 0.395 e. The minimum atomic E-state index is -1.01. The number of carbonyl (C=O) groups is 2. The van der Waals surface area contributed by atoms with E-state index in [1.165, 1.54) is 0 Å². The number of piperidine rings is 1. The van der Waals surface area contributed by atoms with Gasteiger partial charge >= 0.3 is 0 Å². The van der Waals surface area contributed by atoms with E-state index in [1.54, 1.807) is 11.0 Å². The lowest BCUT2D eigenvalue weighted by molar-refractivity contribution is -0.145. The molecule has 1 aliphatic heterocycles. The topological polar surface area (TPSA) is 81.4 Å². The van der Waals surface area contributed by atoms with Gasteiger partial charge in [0.05, 0.1) is 17.6 Å². The zero-order valence-corrected chi connectivity index (χ0v) is 13.6. The van der Waals surface area contributed by atoms with Gasteiger partial charge in [-0.05, 0) is 24.0 Å². The molecular formula is C19H20N2O3. The third kappa shape index (κ3) is 2.26. The Bertz CT molecular complexity index is 735. The number of Topliss-reactive ketones (excluding diaryl/α,β-unsaturated/α-hetero) is 1. The van der Waals surface area contributed by atoms with Gasteiger partial charge in [-0.1, -0.05) is 37.3 Å². The van der Waals surface area contributed by atoms with Crippen molar-refractivity contribution in [3.05, 3.63) is 47.5 Å². The normalized spacial score (nSPS) is 29.7. The van der Waals surface area contributed by atoms with Crippen LogP contribution >= 0.6 is 0 Å². The smallest absolute Gasteiger partial charge is 0.237 e. The molecule has 1 amide bonds. The van der Waals surface area contributed by atoms with E-state index in [-0.39, 0.29) is 42.3 Å². The van der Waals surface area contributed by atoms with Crippen molar-refractivity contribution in [2.45, 2.75) is 18.8 Å². The first-order chi connectivity index (χ1) is 11.6. The molecule has 1 heterocycles. The van der Waals surface area contributed by atoms with Gasteiger partial charge in [0.15, 0.2) is 5.78 Å². The lowest BCUT2D eigenvalue weighted by Crippen LogP contribution is -2.60. The lowest BCUT2D eigenvalue weighted by Gasteiger charge is -2.49. The number of hydrogen-bond acceptors (Lipinski definition) is 4. The van der Waals surface area contributed by atoms with Crippen molar-refractivity contribution in [3.63, 3.8) is 0 Å². The van der Waals surface area contributed by atoms with E-state index in [2.05, 4.69) is 0 Å². The van der Waals surface area contributed by atoms with Gasteiger partial charge < -0.3 is 10.0 Å². The van der Waals surface area contributed by atoms with Crippen LogP contribution in [-0.2, 0) is 15.0 Å². The average Bonchev–Trinajstić information content (AvgIpc) is 2.61. The molecule has 3 rings (SSSR count). The standard InChI is InChI=1S/C19H20N2O3/c1-13-16-7-8-21(9-10-22)18(24)19(16,11-14(12-20)17(13)23)15-5-3-2-4-6-15/h2-6,11,13,16,22H,7-10H2,1H3/t13-,16-,19-/m1/s1. The molecule has 124 valence electrons. The van der Waals surface area contributed by atoms with Gasteiger partial charge in [0.25, 0.3) is 0 Å². The van der Waals surface area contributed by atoms with Crippen LogP contribution in [0.25, 0.3) is 0 Å². The highest BCUT2D eigenvalue weighted by atomic mass is 16.3. The summed E-state index contributed by atoms with van der Waals surface area (Å²) < 4.78 is 0. The van der Waals surface area contributed by atoms with Crippen molar-refractivity contribution in [1.82, 2.24) is 4.90 Å². The minimum absolute atomic E-state index is 0.0572. The summed E-state index contributed by atoms with van der Waals surface area (Å²) in [5, 5.41) is 18.6. The van der Waals surface area contributed by atoms with E-state index in [9.17, 15) is 20.0 Å². The van der Waals surface area contributed by atoms with E-state index >= 15 is 0 Å². The number of aliphatic hydroxyl groups excluding tert-OH is 1. The highest BCUT2D eigenvalue weighted by Gasteiger charge is 2.56. The molecule has 1 aromatic carbocycles. The number of rotatable bonds is 3. The van der Waals surface area contributed by atoms with Gasteiger partial charge in [0.2, 0.25) is 5.91 Å². The summed E-state index contributed by atoms with van der Waals surface area (Å²) in [5.41, 5.74) is -0.149. The zero-order chi connectivity index (χ0) is 17.3. The summed E-state index contributed by atoms with van der Waals surface area (Å²) in [6.07, 6.45) is 2.24. The second kappa shape index (κ2) is 6.21. The summed E-state index contributed by atoms with van der Waals surface area (Å²) in [6.45, 7) is 2.48. The van der Waals surface area contributed by atoms with Crippen molar-refractivity contribution in [2.24, 2.45) is 11.8 Å². The molecule has 5 nitrogen and oxygen atoms in total. The Balaban J connectivity index is 2.24. The number of carbonyl (C=O) groups excluding carboxylic acids is 2. The second-order valence-electron chi connectivity index (χ2n) is 6.47. The predicted molar refractivity (Wildman–Crippen MR) is 87.8 cm³/mol. The number of nitrogens with zero attached hydrogens (tertiary/aromatic N) is 2. The highest BCUT2D eigenvalue weighted by Crippen LogP contribution is 2.48. The molecule has 3 atom stereocenters. The number of likely N-dealkylation sites (tertiary alicyclic amines) is 1. The summed E-state index contributed by atoms with van der Waals surface area (Å²) >= 11 is 0. The first kappa shape index (κ1) is 16.4. The van der Waals surface area contributed by atoms with Crippen LogP contribution in [0.1, 0.15) is 18.9 Å². The maximum atomic E-state index is 13.3. The molecule has 1 aliphatic carbocycles. The van der Waals surface area contributed by atoms with Crippen LogP contribution in [0.15, 0.2) is 42.0 Å². The highest BCUT2D eigenvalue weighted by molar-refractivity contribution is 6.06. The van der Waals surface area contributed by atoms with Crippen LogP contribution in [0.3, 0.4) is 0 Å². The maximum absolute atomic E-state index is 13.3. The van der Waals surface area contributed by atoms with Crippen LogP contribution in [0.2, 0.25) is 0 Å². The fourth-order valence-corrected chi connectivity index (χ4v) is 4.14. The monoisotopic (exact) mass is 324 g/mol. The third-order valence-corrected chi connectivity index (χ3v) is 5.33. The van der Waals surface area contributed by atoms with E-state index in [0.717, 1.165) is 5.56 Å².